The Labute approximate surface area is 132 Å². The SMILES string of the molecule is COc1ccc(Nc2ccc(C(=O)NO)[c]([Pb])c2)cc1. The monoisotopic (exact) mass is 465 g/mol. The molecule has 0 fully saturated rings. The van der Waals surface area contributed by atoms with Crippen molar-refractivity contribution in [2.45, 2.75) is 0 Å². The van der Waals surface area contributed by atoms with Crippen LogP contribution in [-0.4, -0.2) is 44.0 Å². The minimum atomic E-state index is -0.481. The van der Waals surface area contributed by atoms with Gasteiger partial charge in [0, 0.05) is 0 Å². The molecule has 0 atom stereocenters. The van der Waals surface area contributed by atoms with Crippen molar-refractivity contribution in [3.05, 3.63) is 48.0 Å². The van der Waals surface area contributed by atoms with Gasteiger partial charge in [0.25, 0.3) is 0 Å². The number of amides is 1. The molecule has 0 aromatic heterocycles. The molecule has 5 nitrogen and oxygen atoms in total. The Balaban J connectivity index is 2.17. The average Bonchev–Trinajstić information content (AvgIpc) is 2.47. The van der Waals surface area contributed by atoms with E-state index in [1.807, 2.05) is 30.3 Å². The van der Waals surface area contributed by atoms with E-state index in [-0.39, 0.29) is 0 Å². The van der Waals surface area contributed by atoms with E-state index in [1.54, 1.807) is 24.7 Å². The number of nitrogens with one attached hydrogen (secondary N) is 2. The Hall–Kier alpha value is -1.61. The molecule has 20 heavy (non-hydrogen) atoms. The van der Waals surface area contributed by atoms with Gasteiger partial charge in [0.2, 0.25) is 0 Å². The molecular weight excluding hydrogens is 451 g/mol. The quantitative estimate of drug-likeness (QED) is 0.363. The predicted octanol–water partition coefficient (Wildman–Crippen LogP) is 1.35. The third kappa shape index (κ3) is 3.48. The molecule has 0 saturated heterocycles. The molecule has 3 N–H and O–H groups in total. The molecular formula is C14H13N2O3Pb. The van der Waals surface area contributed by atoms with Gasteiger partial charge in [-0.05, 0) is 0 Å². The first-order chi connectivity index (χ1) is 9.63. The van der Waals surface area contributed by atoms with Gasteiger partial charge in [-0.1, -0.05) is 0 Å². The van der Waals surface area contributed by atoms with Gasteiger partial charge in [-0.25, -0.2) is 0 Å². The number of hydrogen-bond donors (Lipinski definition) is 3. The number of ether oxygens (including phenoxy) is 1. The normalized spacial score (nSPS) is 9.95. The summed E-state index contributed by atoms with van der Waals surface area (Å²) in [6, 6.07) is 13.0. The first kappa shape index (κ1) is 14.8. The molecule has 0 aliphatic heterocycles. The second kappa shape index (κ2) is 6.71. The second-order valence-corrected chi connectivity index (χ2v) is 6.15. The summed E-state index contributed by atoms with van der Waals surface area (Å²) in [6.45, 7) is 0. The molecule has 0 aliphatic carbocycles. The number of methoxy groups -OCH3 is 1. The van der Waals surface area contributed by atoms with Crippen molar-refractivity contribution in [1.82, 2.24) is 5.48 Å². The minimum absolute atomic E-state index is 0.481. The first-order valence-corrected chi connectivity index (χ1v) is 7.79. The fourth-order valence-electron chi connectivity index (χ4n) is 1.72. The number of rotatable bonds is 4. The summed E-state index contributed by atoms with van der Waals surface area (Å²) >= 11 is 0.710. The third-order valence-electron chi connectivity index (χ3n) is 2.74. The van der Waals surface area contributed by atoms with E-state index < -0.39 is 5.91 Å². The van der Waals surface area contributed by atoms with E-state index in [1.165, 1.54) is 0 Å². The predicted molar refractivity (Wildman–Crippen MR) is 77.4 cm³/mol. The van der Waals surface area contributed by atoms with E-state index in [0.717, 1.165) is 20.2 Å². The van der Waals surface area contributed by atoms with Crippen LogP contribution in [0.4, 0.5) is 11.4 Å². The molecule has 2 rings (SSSR count). The van der Waals surface area contributed by atoms with Crippen LogP contribution >= 0.6 is 0 Å². The Kier molecular flexibility index (Phi) is 4.96. The standard InChI is InChI=1S/C14H13N2O3.Pb/c1-19-13-8-6-12(7-9-13)15-11-4-2-10(3-5-11)14(17)16-18;/h2,4-9,15,18H,1H3,(H,16,17);. The van der Waals surface area contributed by atoms with Crippen LogP contribution in [0.5, 0.6) is 5.75 Å². The zero-order chi connectivity index (χ0) is 14.5. The maximum absolute atomic E-state index is 11.4. The second-order valence-electron chi connectivity index (χ2n) is 4.05. The molecule has 0 spiro atoms. The van der Waals surface area contributed by atoms with Crippen LogP contribution in [0.2, 0.25) is 0 Å². The van der Waals surface area contributed by atoms with Crippen LogP contribution < -0.4 is 18.7 Å². The number of benzene rings is 2. The number of hydroxylamine groups is 1. The van der Waals surface area contributed by atoms with E-state index in [9.17, 15) is 4.79 Å². The van der Waals surface area contributed by atoms with Gasteiger partial charge in [-0.2, -0.15) is 0 Å². The van der Waals surface area contributed by atoms with Crippen LogP contribution in [0, 0.1) is 0 Å². The maximum atomic E-state index is 11.4. The molecule has 0 bridgehead atoms. The summed E-state index contributed by atoms with van der Waals surface area (Å²) in [4.78, 5) is 11.4. The van der Waals surface area contributed by atoms with Crippen LogP contribution in [0.15, 0.2) is 42.5 Å². The van der Waals surface area contributed by atoms with E-state index in [0.29, 0.717) is 31.3 Å². The molecule has 2 aromatic rings. The van der Waals surface area contributed by atoms with Crippen molar-refractivity contribution in [2.24, 2.45) is 0 Å². The Bertz CT molecular complexity index is 614. The van der Waals surface area contributed by atoms with Crippen LogP contribution in [-0.2, 0) is 0 Å². The zero-order valence-corrected chi connectivity index (χ0v) is 14.7. The fraction of sp³-hybridized carbons (Fsp3) is 0.0714. The number of carbonyl (C=O) groups excluding carboxylic acids is 1. The molecule has 0 heterocycles. The van der Waals surface area contributed by atoms with E-state index in [4.69, 9.17) is 9.94 Å². The molecule has 6 heteroatoms. The van der Waals surface area contributed by atoms with Crippen molar-refractivity contribution in [2.75, 3.05) is 12.4 Å². The average molecular weight is 464 g/mol. The first-order valence-electron chi connectivity index (χ1n) is 5.85. The molecule has 0 saturated carbocycles. The van der Waals surface area contributed by atoms with E-state index in [2.05, 4.69) is 5.32 Å². The van der Waals surface area contributed by atoms with Crippen LogP contribution in [0.25, 0.3) is 0 Å². The van der Waals surface area contributed by atoms with Gasteiger partial charge in [0.05, 0.1) is 0 Å². The van der Waals surface area contributed by atoms with Gasteiger partial charge in [-0.15, -0.1) is 0 Å². The summed E-state index contributed by atoms with van der Waals surface area (Å²) in [6.07, 6.45) is 0. The van der Waals surface area contributed by atoms with Gasteiger partial charge < -0.3 is 0 Å². The third-order valence-corrected chi connectivity index (χ3v) is 4.35. The molecule has 1 amide bonds. The summed E-state index contributed by atoms with van der Waals surface area (Å²) in [5, 5.41) is 11.9. The number of carbonyl (C=O) groups is 1. The van der Waals surface area contributed by atoms with Crippen molar-refractivity contribution in [3.63, 3.8) is 0 Å². The van der Waals surface area contributed by atoms with Crippen molar-refractivity contribution in [3.8, 4) is 5.75 Å². The van der Waals surface area contributed by atoms with Gasteiger partial charge in [0.15, 0.2) is 0 Å². The van der Waals surface area contributed by atoms with E-state index >= 15 is 0 Å². The molecule has 101 valence electrons. The number of hydrogen-bond acceptors (Lipinski definition) is 4. The summed E-state index contributed by atoms with van der Waals surface area (Å²) < 4.78 is 6.01. The molecule has 2 aromatic carbocycles. The summed E-state index contributed by atoms with van der Waals surface area (Å²) in [5.74, 6) is 0.320. The summed E-state index contributed by atoms with van der Waals surface area (Å²) in [5.41, 5.74) is 3.99. The van der Waals surface area contributed by atoms with Crippen molar-refractivity contribution in [1.29, 1.82) is 0 Å². The van der Waals surface area contributed by atoms with Crippen molar-refractivity contribution >= 4 is 46.2 Å². The molecule has 0 aliphatic rings. The summed E-state index contributed by atoms with van der Waals surface area (Å²) in [7, 11) is 1.63. The zero-order valence-electron chi connectivity index (χ0n) is 10.8. The van der Waals surface area contributed by atoms with Crippen LogP contribution in [0.1, 0.15) is 10.4 Å². The Morgan fingerprint density at radius 1 is 1.15 bits per heavy atom. The molecule has 0 unspecified atom stereocenters. The van der Waals surface area contributed by atoms with Gasteiger partial charge >= 0.3 is 133 Å². The number of anilines is 2. The van der Waals surface area contributed by atoms with Crippen LogP contribution in [0.3, 0.4) is 0 Å². The van der Waals surface area contributed by atoms with Gasteiger partial charge in [0.1, 0.15) is 0 Å². The Morgan fingerprint density at radius 3 is 2.35 bits per heavy atom. The topological polar surface area (TPSA) is 70.6 Å². The van der Waals surface area contributed by atoms with Crippen molar-refractivity contribution < 1.29 is 14.7 Å². The Morgan fingerprint density at radius 2 is 1.80 bits per heavy atom. The fourth-order valence-corrected chi connectivity index (χ4v) is 3.09. The molecule has 3 radical (unpaired) electrons. The van der Waals surface area contributed by atoms with Gasteiger partial charge in [-0.3, -0.25) is 0 Å².